The van der Waals surface area contributed by atoms with E-state index in [2.05, 4.69) is 25.8 Å². The highest BCUT2D eigenvalue weighted by atomic mass is 15.3. The van der Waals surface area contributed by atoms with Crippen molar-refractivity contribution < 1.29 is 0 Å². The summed E-state index contributed by atoms with van der Waals surface area (Å²) in [6.07, 6.45) is 6.59. The molecule has 1 fully saturated rings. The topological polar surface area (TPSA) is 68.9 Å². The van der Waals surface area contributed by atoms with Crippen molar-refractivity contribution in [3.63, 3.8) is 0 Å². The van der Waals surface area contributed by atoms with E-state index < -0.39 is 0 Å². The Bertz CT molecular complexity index is 744. The summed E-state index contributed by atoms with van der Waals surface area (Å²) >= 11 is 0. The van der Waals surface area contributed by atoms with Crippen molar-refractivity contribution >= 4 is 11.6 Å². The molecule has 2 aromatic rings. The van der Waals surface area contributed by atoms with Crippen LogP contribution in [0.5, 0.6) is 0 Å². The summed E-state index contributed by atoms with van der Waals surface area (Å²) in [6, 6.07) is 6.30. The van der Waals surface area contributed by atoms with Gasteiger partial charge in [0.15, 0.2) is 0 Å². The van der Waals surface area contributed by atoms with Gasteiger partial charge in [-0.2, -0.15) is 5.26 Å². The van der Waals surface area contributed by atoms with Crippen molar-refractivity contribution in [3.05, 3.63) is 41.5 Å². The summed E-state index contributed by atoms with van der Waals surface area (Å²) in [5.74, 6) is 1.82. The second-order valence-electron chi connectivity index (χ2n) is 5.97. The van der Waals surface area contributed by atoms with Crippen molar-refractivity contribution in [3.8, 4) is 6.07 Å². The van der Waals surface area contributed by atoms with Crippen LogP contribution in [0.1, 0.15) is 23.2 Å². The van der Waals surface area contributed by atoms with Gasteiger partial charge < -0.3 is 9.80 Å². The van der Waals surface area contributed by atoms with Crippen molar-refractivity contribution in [1.29, 1.82) is 5.26 Å². The maximum absolute atomic E-state index is 9.47. The highest BCUT2D eigenvalue weighted by Crippen LogP contribution is 2.28. The Morgan fingerprint density at radius 1 is 1.09 bits per heavy atom. The first-order valence-electron chi connectivity index (χ1n) is 8.04. The molecule has 23 heavy (non-hydrogen) atoms. The number of pyridine rings is 1. The van der Waals surface area contributed by atoms with Crippen molar-refractivity contribution in [2.75, 3.05) is 36.0 Å². The van der Waals surface area contributed by atoms with Crippen LogP contribution < -0.4 is 9.80 Å². The SMILES string of the molecule is N#Cc1cc2c(nc1N1CCN(c3ccncn3)CC1)CCC2. The molecule has 2 aliphatic rings. The Morgan fingerprint density at radius 2 is 1.91 bits per heavy atom. The summed E-state index contributed by atoms with van der Waals surface area (Å²) < 4.78 is 0. The molecule has 6 nitrogen and oxygen atoms in total. The maximum Gasteiger partial charge on any atom is 0.146 e. The zero-order valence-electron chi connectivity index (χ0n) is 12.9. The van der Waals surface area contributed by atoms with Crippen LogP contribution in [0.2, 0.25) is 0 Å². The molecule has 1 saturated heterocycles. The molecule has 3 heterocycles. The summed E-state index contributed by atoms with van der Waals surface area (Å²) in [6.45, 7) is 3.45. The van der Waals surface area contributed by atoms with Gasteiger partial charge in [-0.1, -0.05) is 0 Å². The van der Waals surface area contributed by atoms with Crippen LogP contribution in [-0.4, -0.2) is 41.1 Å². The van der Waals surface area contributed by atoms with Gasteiger partial charge in [0.05, 0.1) is 5.56 Å². The molecule has 0 unspecified atom stereocenters. The molecule has 0 saturated carbocycles. The molecule has 4 rings (SSSR count). The summed E-state index contributed by atoms with van der Waals surface area (Å²) in [7, 11) is 0. The van der Waals surface area contributed by atoms with Gasteiger partial charge in [0.25, 0.3) is 0 Å². The largest absolute Gasteiger partial charge is 0.353 e. The molecule has 0 aromatic carbocycles. The number of nitriles is 1. The second kappa shape index (κ2) is 5.84. The first-order valence-corrected chi connectivity index (χ1v) is 8.04. The van der Waals surface area contributed by atoms with Gasteiger partial charge in [0.2, 0.25) is 0 Å². The predicted molar refractivity (Wildman–Crippen MR) is 87.4 cm³/mol. The third-order valence-corrected chi connectivity index (χ3v) is 4.62. The second-order valence-corrected chi connectivity index (χ2v) is 5.97. The minimum atomic E-state index is 0.709. The Kier molecular flexibility index (Phi) is 3.54. The van der Waals surface area contributed by atoms with E-state index in [0.717, 1.165) is 57.1 Å². The van der Waals surface area contributed by atoms with Gasteiger partial charge in [-0.3, -0.25) is 0 Å². The highest BCUT2D eigenvalue weighted by Gasteiger charge is 2.24. The minimum Gasteiger partial charge on any atom is -0.353 e. The Balaban J connectivity index is 1.54. The molecule has 0 radical (unpaired) electrons. The predicted octanol–water partition coefficient (Wildman–Crippen LogP) is 1.56. The monoisotopic (exact) mass is 306 g/mol. The van der Waals surface area contributed by atoms with Crippen LogP contribution in [0.15, 0.2) is 24.7 Å². The van der Waals surface area contributed by atoms with Gasteiger partial charge in [-0.05, 0) is 37.0 Å². The van der Waals surface area contributed by atoms with Crippen LogP contribution in [0.4, 0.5) is 11.6 Å². The normalized spacial score (nSPS) is 17.0. The van der Waals surface area contributed by atoms with E-state index >= 15 is 0 Å². The van der Waals surface area contributed by atoms with Crippen LogP contribution in [0.25, 0.3) is 0 Å². The quantitative estimate of drug-likeness (QED) is 0.838. The van der Waals surface area contributed by atoms with E-state index in [1.807, 2.05) is 12.1 Å². The molecule has 0 atom stereocenters. The average molecular weight is 306 g/mol. The minimum absolute atomic E-state index is 0.709. The molecular formula is C17H18N6. The van der Waals surface area contributed by atoms with Crippen LogP contribution in [0, 0.1) is 11.3 Å². The number of rotatable bonds is 2. The van der Waals surface area contributed by atoms with Gasteiger partial charge in [0, 0.05) is 38.1 Å². The number of hydrogen-bond donors (Lipinski definition) is 0. The smallest absolute Gasteiger partial charge is 0.146 e. The number of aromatic nitrogens is 3. The number of fused-ring (bicyclic) bond motifs is 1. The number of nitrogens with zero attached hydrogens (tertiary/aromatic N) is 6. The summed E-state index contributed by atoms with van der Waals surface area (Å²) in [5, 5.41) is 9.47. The number of anilines is 2. The summed E-state index contributed by atoms with van der Waals surface area (Å²) in [4.78, 5) is 17.6. The standard InChI is InChI=1S/C17H18N6/c18-11-14-10-13-2-1-3-15(13)21-17(14)23-8-6-22(7-9-23)16-4-5-19-12-20-16/h4-5,10,12H,1-3,6-9H2. The summed E-state index contributed by atoms with van der Waals surface area (Å²) in [5.41, 5.74) is 3.14. The highest BCUT2D eigenvalue weighted by molar-refractivity contribution is 5.58. The number of hydrogen-bond acceptors (Lipinski definition) is 6. The Morgan fingerprint density at radius 3 is 2.65 bits per heavy atom. The first kappa shape index (κ1) is 13.9. The Hall–Kier alpha value is -2.68. The fraction of sp³-hybridized carbons (Fsp3) is 0.412. The lowest BCUT2D eigenvalue weighted by atomic mass is 10.1. The molecule has 0 amide bonds. The third kappa shape index (κ3) is 2.59. The third-order valence-electron chi connectivity index (χ3n) is 4.62. The maximum atomic E-state index is 9.47. The van der Waals surface area contributed by atoms with Crippen molar-refractivity contribution in [2.45, 2.75) is 19.3 Å². The fourth-order valence-electron chi connectivity index (χ4n) is 3.40. The van der Waals surface area contributed by atoms with E-state index in [0.29, 0.717) is 5.56 Å². The lowest BCUT2D eigenvalue weighted by molar-refractivity contribution is 0.639. The van der Waals surface area contributed by atoms with E-state index in [1.54, 1.807) is 12.5 Å². The van der Waals surface area contributed by atoms with Gasteiger partial charge in [-0.25, -0.2) is 15.0 Å². The molecule has 116 valence electrons. The lowest BCUT2D eigenvalue weighted by Gasteiger charge is -2.36. The number of piperazine rings is 1. The van der Waals surface area contributed by atoms with E-state index in [1.165, 1.54) is 11.3 Å². The fourth-order valence-corrected chi connectivity index (χ4v) is 3.40. The molecular weight excluding hydrogens is 288 g/mol. The molecule has 1 aliphatic carbocycles. The zero-order chi connectivity index (χ0) is 15.6. The van der Waals surface area contributed by atoms with Crippen molar-refractivity contribution in [2.24, 2.45) is 0 Å². The van der Waals surface area contributed by atoms with Crippen LogP contribution >= 0.6 is 0 Å². The number of aryl methyl sites for hydroxylation is 2. The van der Waals surface area contributed by atoms with Crippen molar-refractivity contribution in [1.82, 2.24) is 15.0 Å². The van der Waals surface area contributed by atoms with Gasteiger partial charge in [-0.15, -0.1) is 0 Å². The van der Waals surface area contributed by atoms with Gasteiger partial charge >= 0.3 is 0 Å². The van der Waals surface area contributed by atoms with Crippen LogP contribution in [0.3, 0.4) is 0 Å². The molecule has 0 spiro atoms. The Labute approximate surface area is 135 Å². The first-order chi connectivity index (χ1) is 11.3. The molecule has 6 heteroatoms. The molecule has 1 aliphatic heterocycles. The van der Waals surface area contributed by atoms with E-state index in [9.17, 15) is 5.26 Å². The zero-order valence-corrected chi connectivity index (χ0v) is 12.9. The molecule has 0 N–H and O–H groups in total. The molecule has 0 bridgehead atoms. The van der Waals surface area contributed by atoms with E-state index in [4.69, 9.17) is 4.98 Å². The average Bonchev–Trinajstić information content (AvgIpc) is 3.09. The van der Waals surface area contributed by atoms with Gasteiger partial charge in [0.1, 0.15) is 24.0 Å². The lowest BCUT2D eigenvalue weighted by Crippen LogP contribution is -2.47. The molecule has 2 aromatic heterocycles. The van der Waals surface area contributed by atoms with E-state index in [-0.39, 0.29) is 0 Å². The van der Waals surface area contributed by atoms with Crippen LogP contribution in [-0.2, 0) is 12.8 Å².